The molecule has 2 aliphatic rings. The molecular formula is C17H24O4. The molecule has 2 heterocycles. The summed E-state index contributed by atoms with van der Waals surface area (Å²) >= 11 is 0. The molecule has 0 bridgehead atoms. The van der Waals surface area contributed by atoms with Crippen LogP contribution in [0.2, 0.25) is 0 Å². The van der Waals surface area contributed by atoms with E-state index in [1.54, 1.807) is 0 Å². The standard InChI is InChI=1S/C17H24O4/c1-3-16(2)12-17(18,7-10-21-16)13-5-6-14-15(11-13)20-9-4-8-19-14/h5-6,11,18H,3-4,7-10,12H2,1-2H3. The SMILES string of the molecule is CCC1(C)CC(O)(c2ccc3c(c2)OCCCO3)CCO1. The predicted molar refractivity (Wildman–Crippen MR) is 79.8 cm³/mol. The second-order valence-corrected chi connectivity index (χ2v) is 6.32. The van der Waals surface area contributed by atoms with E-state index < -0.39 is 5.60 Å². The van der Waals surface area contributed by atoms with Crippen molar-refractivity contribution in [3.8, 4) is 11.5 Å². The van der Waals surface area contributed by atoms with Gasteiger partial charge in [-0.15, -0.1) is 0 Å². The molecule has 1 fully saturated rings. The molecule has 0 radical (unpaired) electrons. The lowest BCUT2D eigenvalue weighted by atomic mass is 9.77. The first-order valence-corrected chi connectivity index (χ1v) is 7.81. The third-order valence-corrected chi connectivity index (χ3v) is 4.67. The molecule has 116 valence electrons. The number of rotatable bonds is 2. The summed E-state index contributed by atoms with van der Waals surface area (Å²) in [6.45, 7) is 6.08. The number of hydrogen-bond donors (Lipinski definition) is 1. The molecule has 21 heavy (non-hydrogen) atoms. The maximum Gasteiger partial charge on any atom is 0.161 e. The first kappa shape index (κ1) is 14.7. The van der Waals surface area contributed by atoms with E-state index in [4.69, 9.17) is 14.2 Å². The van der Waals surface area contributed by atoms with Crippen LogP contribution in [0.15, 0.2) is 18.2 Å². The second kappa shape index (κ2) is 5.50. The van der Waals surface area contributed by atoms with Crippen LogP contribution in [0.3, 0.4) is 0 Å². The van der Waals surface area contributed by atoms with E-state index in [9.17, 15) is 5.11 Å². The zero-order valence-electron chi connectivity index (χ0n) is 12.9. The van der Waals surface area contributed by atoms with Crippen LogP contribution in [0.4, 0.5) is 0 Å². The average Bonchev–Trinajstić information content (AvgIpc) is 2.71. The van der Waals surface area contributed by atoms with Crippen LogP contribution in [0.25, 0.3) is 0 Å². The molecule has 0 aliphatic carbocycles. The summed E-state index contributed by atoms with van der Waals surface area (Å²) < 4.78 is 17.2. The summed E-state index contributed by atoms with van der Waals surface area (Å²) in [6, 6.07) is 5.80. The van der Waals surface area contributed by atoms with Gasteiger partial charge in [0.2, 0.25) is 0 Å². The van der Waals surface area contributed by atoms with Crippen molar-refractivity contribution >= 4 is 0 Å². The molecular weight excluding hydrogens is 268 g/mol. The highest BCUT2D eigenvalue weighted by molar-refractivity contribution is 5.45. The molecule has 0 spiro atoms. The van der Waals surface area contributed by atoms with E-state index >= 15 is 0 Å². The molecule has 1 N–H and O–H groups in total. The van der Waals surface area contributed by atoms with Gasteiger partial charge in [-0.2, -0.15) is 0 Å². The van der Waals surface area contributed by atoms with E-state index in [2.05, 4.69) is 13.8 Å². The molecule has 2 unspecified atom stereocenters. The van der Waals surface area contributed by atoms with Gasteiger partial charge in [0.25, 0.3) is 0 Å². The molecule has 2 atom stereocenters. The molecule has 4 heteroatoms. The van der Waals surface area contributed by atoms with Crippen molar-refractivity contribution in [2.45, 2.75) is 50.7 Å². The van der Waals surface area contributed by atoms with Crippen LogP contribution in [-0.2, 0) is 10.3 Å². The minimum absolute atomic E-state index is 0.267. The Morgan fingerprint density at radius 3 is 2.67 bits per heavy atom. The van der Waals surface area contributed by atoms with Gasteiger partial charge in [0, 0.05) is 19.3 Å². The Labute approximate surface area is 126 Å². The Hall–Kier alpha value is -1.26. The third kappa shape index (κ3) is 2.87. The Morgan fingerprint density at radius 1 is 1.14 bits per heavy atom. The van der Waals surface area contributed by atoms with Crippen LogP contribution < -0.4 is 9.47 Å². The van der Waals surface area contributed by atoms with E-state index in [-0.39, 0.29) is 5.60 Å². The predicted octanol–water partition coefficient (Wildman–Crippen LogP) is 3.01. The van der Waals surface area contributed by atoms with Gasteiger partial charge in [0.05, 0.1) is 31.0 Å². The van der Waals surface area contributed by atoms with Crippen molar-refractivity contribution in [2.24, 2.45) is 0 Å². The summed E-state index contributed by atoms with van der Waals surface area (Å²) in [7, 11) is 0. The Morgan fingerprint density at radius 2 is 1.90 bits per heavy atom. The van der Waals surface area contributed by atoms with Gasteiger partial charge in [-0.1, -0.05) is 13.0 Å². The minimum atomic E-state index is -0.853. The summed E-state index contributed by atoms with van der Waals surface area (Å²) in [5.74, 6) is 1.51. The molecule has 0 amide bonds. The number of ether oxygens (including phenoxy) is 3. The molecule has 3 rings (SSSR count). The van der Waals surface area contributed by atoms with Crippen molar-refractivity contribution in [1.82, 2.24) is 0 Å². The average molecular weight is 292 g/mol. The highest BCUT2D eigenvalue weighted by atomic mass is 16.5. The summed E-state index contributed by atoms with van der Waals surface area (Å²) in [6.07, 6.45) is 2.99. The van der Waals surface area contributed by atoms with Gasteiger partial charge in [0.15, 0.2) is 11.5 Å². The van der Waals surface area contributed by atoms with Gasteiger partial charge < -0.3 is 19.3 Å². The molecule has 1 aromatic carbocycles. The lowest BCUT2D eigenvalue weighted by Crippen LogP contribution is -2.45. The van der Waals surface area contributed by atoms with Gasteiger partial charge in [0.1, 0.15) is 0 Å². The maximum absolute atomic E-state index is 11.1. The van der Waals surface area contributed by atoms with E-state index in [1.165, 1.54) is 0 Å². The van der Waals surface area contributed by atoms with Gasteiger partial charge >= 0.3 is 0 Å². The van der Waals surface area contributed by atoms with E-state index in [0.717, 1.165) is 29.9 Å². The van der Waals surface area contributed by atoms with Gasteiger partial charge in [-0.25, -0.2) is 0 Å². The Balaban J connectivity index is 1.90. The first-order chi connectivity index (χ1) is 10.0. The lowest BCUT2D eigenvalue weighted by molar-refractivity contribution is -0.157. The number of aliphatic hydroxyl groups is 1. The smallest absolute Gasteiger partial charge is 0.161 e. The van der Waals surface area contributed by atoms with Crippen molar-refractivity contribution in [3.05, 3.63) is 23.8 Å². The summed E-state index contributed by atoms with van der Waals surface area (Å²) in [4.78, 5) is 0. The molecule has 2 aliphatic heterocycles. The number of benzene rings is 1. The lowest BCUT2D eigenvalue weighted by Gasteiger charge is -2.43. The largest absolute Gasteiger partial charge is 0.490 e. The number of hydrogen-bond acceptors (Lipinski definition) is 4. The monoisotopic (exact) mass is 292 g/mol. The topological polar surface area (TPSA) is 47.9 Å². The zero-order chi connectivity index (χ0) is 14.9. The first-order valence-electron chi connectivity index (χ1n) is 7.81. The molecule has 0 aromatic heterocycles. The van der Waals surface area contributed by atoms with Gasteiger partial charge in [-0.3, -0.25) is 0 Å². The van der Waals surface area contributed by atoms with Crippen molar-refractivity contribution in [3.63, 3.8) is 0 Å². The fourth-order valence-corrected chi connectivity index (χ4v) is 3.15. The van der Waals surface area contributed by atoms with Crippen LogP contribution in [0.5, 0.6) is 11.5 Å². The Bertz CT molecular complexity index is 516. The Kier molecular flexibility index (Phi) is 3.84. The zero-order valence-corrected chi connectivity index (χ0v) is 12.9. The molecule has 4 nitrogen and oxygen atoms in total. The number of fused-ring (bicyclic) bond motifs is 1. The molecule has 0 saturated carbocycles. The third-order valence-electron chi connectivity index (χ3n) is 4.67. The normalized spacial score (nSPS) is 32.5. The van der Waals surface area contributed by atoms with Crippen LogP contribution >= 0.6 is 0 Å². The van der Waals surface area contributed by atoms with Gasteiger partial charge in [-0.05, 0) is 31.0 Å². The summed E-state index contributed by atoms with van der Waals surface area (Å²) in [5, 5.41) is 11.1. The second-order valence-electron chi connectivity index (χ2n) is 6.32. The van der Waals surface area contributed by atoms with Crippen LogP contribution in [-0.4, -0.2) is 30.5 Å². The maximum atomic E-state index is 11.1. The molecule has 1 aromatic rings. The highest BCUT2D eigenvalue weighted by Crippen LogP contribution is 2.43. The van der Waals surface area contributed by atoms with E-state index in [1.807, 2.05) is 18.2 Å². The van der Waals surface area contributed by atoms with Crippen molar-refractivity contribution in [1.29, 1.82) is 0 Å². The quantitative estimate of drug-likeness (QED) is 0.910. The summed E-state index contributed by atoms with van der Waals surface area (Å²) in [5.41, 5.74) is -0.222. The molecule has 1 saturated heterocycles. The fraction of sp³-hybridized carbons (Fsp3) is 0.647. The van der Waals surface area contributed by atoms with Crippen LogP contribution in [0.1, 0.15) is 45.1 Å². The van der Waals surface area contributed by atoms with E-state index in [0.29, 0.717) is 32.7 Å². The highest BCUT2D eigenvalue weighted by Gasteiger charge is 2.42. The van der Waals surface area contributed by atoms with Crippen molar-refractivity contribution < 1.29 is 19.3 Å². The van der Waals surface area contributed by atoms with Crippen molar-refractivity contribution in [2.75, 3.05) is 19.8 Å². The fourth-order valence-electron chi connectivity index (χ4n) is 3.15. The van der Waals surface area contributed by atoms with Crippen LogP contribution in [0, 0.1) is 0 Å². The minimum Gasteiger partial charge on any atom is -0.490 e.